The lowest BCUT2D eigenvalue weighted by molar-refractivity contribution is 0.0623. The largest absolute Gasteiger partial charge is 0.452 e. The van der Waals surface area contributed by atoms with E-state index in [-0.39, 0.29) is 11.8 Å². The zero-order valence-corrected chi connectivity index (χ0v) is 18.2. The lowest BCUT2D eigenvalue weighted by atomic mass is 10.0. The monoisotopic (exact) mass is 419 g/mol. The number of hydrogen-bond donors (Lipinski definition) is 1. The van der Waals surface area contributed by atoms with Gasteiger partial charge in [0.1, 0.15) is 0 Å². The van der Waals surface area contributed by atoms with E-state index >= 15 is 0 Å². The minimum Gasteiger partial charge on any atom is -0.452 e. The number of aryl methyl sites for hydroxylation is 4. The number of benzene rings is 2. The molecule has 4 rings (SSSR count). The van der Waals surface area contributed by atoms with E-state index in [0.29, 0.717) is 29.3 Å². The third-order valence-electron chi connectivity index (χ3n) is 5.14. The molecule has 1 unspecified atom stereocenters. The summed E-state index contributed by atoms with van der Waals surface area (Å²) in [5, 5.41) is 0. The van der Waals surface area contributed by atoms with Gasteiger partial charge in [-0.1, -0.05) is 41.5 Å². The summed E-state index contributed by atoms with van der Waals surface area (Å²) in [6.07, 6.45) is 2.35. The molecular weight excluding hydrogens is 393 g/mol. The fourth-order valence-corrected chi connectivity index (χ4v) is 3.77. The first kappa shape index (κ1) is 21.0. The van der Waals surface area contributed by atoms with E-state index in [4.69, 9.17) is 14.6 Å². The Morgan fingerprint density at radius 1 is 1.06 bits per heavy atom. The number of amidine groups is 1. The van der Waals surface area contributed by atoms with Gasteiger partial charge in [0.15, 0.2) is 23.2 Å². The second-order valence-electron chi connectivity index (χ2n) is 8.06. The van der Waals surface area contributed by atoms with Gasteiger partial charge in [-0.2, -0.15) is 0 Å². The molecule has 1 N–H and O–H groups in total. The van der Waals surface area contributed by atoms with Gasteiger partial charge in [-0.05, 0) is 57.4 Å². The molecule has 0 fully saturated rings. The SMILES string of the molecule is Cc1cc(C)cc(CC2CONC(c3cc(C)ncc3Oc3cccc(C)c3F)=N2)c1. The van der Waals surface area contributed by atoms with Crippen molar-refractivity contribution < 1.29 is 14.0 Å². The average molecular weight is 420 g/mol. The second kappa shape index (κ2) is 8.86. The van der Waals surface area contributed by atoms with Gasteiger partial charge in [-0.3, -0.25) is 14.8 Å². The van der Waals surface area contributed by atoms with E-state index in [2.05, 4.69) is 42.5 Å². The molecule has 0 aliphatic carbocycles. The van der Waals surface area contributed by atoms with Gasteiger partial charge in [-0.15, -0.1) is 0 Å². The second-order valence-corrected chi connectivity index (χ2v) is 8.06. The van der Waals surface area contributed by atoms with Gasteiger partial charge in [0.25, 0.3) is 0 Å². The van der Waals surface area contributed by atoms with Crippen molar-refractivity contribution in [2.24, 2.45) is 4.99 Å². The van der Waals surface area contributed by atoms with Crippen molar-refractivity contribution in [2.45, 2.75) is 40.2 Å². The van der Waals surface area contributed by atoms with Crippen molar-refractivity contribution in [3.05, 3.63) is 88.0 Å². The fraction of sp³-hybridized carbons (Fsp3) is 0.280. The van der Waals surface area contributed by atoms with Crippen LogP contribution < -0.4 is 10.2 Å². The molecule has 5 nitrogen and oxygen atoms in total. The molecule has 2 aromatic carbocycles. The first-order chi connectivity index (χ1) is 14.9. The highest BCUT2D eigenvalue weighted by Crippen LogP contribution is 2.29. The summed E-state index contributed by atoms with van der Waals surface area (Å²) < 4.78 is 20.4. The van der Waals surface area contributed by atoms with Crippen molar-refractivity contribution in [3.63, 3.8) is 0 Å². The van der Waals surface area contributed by atoms with Crippen LogP contribution in [0.15, 0.2) is 53.7 Å². The molecule has 1 aliphatic heterocycles. The molecule has 160 valence electrons. The molecule has 6 heteroatoms. The van der Waals surface area contributed by atoms with Gasteiger partial charge >= 0.3 is 0 Å². The number of halogens is 1. The van der Waals surface area contributed by atoms with E-state index < -0.39 is 5.82 Å². The Morgan fingerprint density at radius 2 is 1.84 bits per heavy atom. The third-order valence-corrected chi connectivity index (χ3v) is 5.14. The smallest absolute Gasteiger partial charge is 0.168 e. The average Bonchev–Trinajstić information content (AvgIpc) is 2.72. The predicted molar refractivity (Wildman–Crippen MR) is 119 cm³/mol. The standard InChI is InChI=1S/C25H26FN3O2/c1-15-8-16(2)10-19(9-15)12-20-14-30-29-25(28-20)21-11-18(4)27-13-23(21)31-22-7-5-6-17(3)24(22)26/h5-11,13,20H,12,14H2,1-4H3,(H,28,29). The molecule has 0 saturated heterocycles. The summed E-state index contributed by atoms with van der Waals surface area (Å²) >= 11 is 0. The number of aromatic nitrogens is 1. The molecule has 1 aliphatic rings. The maximum Gasteiger partial charge on any atom is 0.168 e. The molecule has 0 saturated carbocycles. The van der Waals surface area contributed by atoms with Crippen molar-refractivity contribution >= 4 is 5.84 Å². The number of nitrogens with one attached hydrogen (secondary N) is 1. The maximum absolute atomic E-state index is 14.5. The van der Waals surface area contributed by atoms with Crippen molar-refractivity contribution in [3.8, 4) is 11.5 Å². The normalized spacial score (nSPS) is 15.9. The molecule has 0 radical (unpaired) electrons. The number of hydroxylamine groups is 1. The first-order valence-corrected chi connectivity index (χ1v) is 10.3. The quantitative estimate of drug-likeness (QED) is 0.622. The molecular formula is C25H26FN3O2. The van der Waals surface area contributed by atoms with Crippen LogP contribution in [0, 0.1) is 33.5 Å². The Morgan fingerprint density at radius 3 is 2.61 bits per heavy atom. The summed E-state index contributed by atoms with van der Waals surface area (Å²) in [4.78, 5) is 14.8. The van der Waals surface area contributed by atoms with Crippen LogP contribution in [0.5, 0.6) is 11.5 Å². The number of rotatable bonds is 5. The van der Waals surface area contributed by atoms with Gasteiger partial charge < -0.3 is 4.74 Å². The van der Waals surface area contributed by atoms with Crippen LogP contribution in [-0.2, 0) is 11.3 Å². The number of nitrogens with zero attached hydrogens (tertiary/aromatic N) is 2. The van der Waals surface area contributed by atoms with Crippen LogP contribution in [0.2, 0.25) is 0 Å². The van der Waals surface area contributed by atoms with E-state index in [0.717, 1.165) is 12.1 Å². The number of hydrogen-bond acceptors (Lipinski definition) is 5. The summed E-state index contributed by atoms with van der Waals surface area (Å²) in [7, 11) is 0. The Hall–Kier alpha value is -3.25. The molecule has 3 aromatic rings. The van der Waals surface area contributed by atoms with Crippen LogP contribution >= 0.6 is 0 Å². The van der Waals surface area contributed by atoms with Crippen LogP contribution in [0.3, 0.4) is 0 Å². The lowest BCUT2D eigenvalue weighted by Crippen LogP contribution is -2.37. The van der Waals surface area contributed by atoms with E-state index in [9.17, 15) is 4.39 Å². The minimum absolute atomic E-state index is 0.0468. The van der Waals surface area contributed by atoms with Gasteiger partial charge in [-0.25, -0.2) is 9.87 Å². The van der Waals surface area contributed by atoms with E-state index in [1.807, 2.05) is 13.0 Å². The van der Waals surface area contributed by atoms with Gasteiger partial charge in [0.2, 0.25) is 0 Å². The highest BCUT2D eigenvalue weighted by Gasteiger charge is 2.21. The first-order valence-electron chi connectivity index (χ1n) is 10.3. The molecule has 1 atom stereocenters. The summed E-state index contributed by atoms with van der Waals surface area (Å²) in [6.45, 7) is 8.24. The summed E-state index contributed by atoms with van der Waals surface area (Å²) in [5.41, 5.74) is 8.58. The van der Waals surface area contributed by atoms with Gasteiger partial charge in [0.05, 0.1) is 24.4 Å². The Bertz CT molecular complexity index is 1120. The van der Waals surface area contributed by atoms with Crippen molar-refractivity contribution in [1.29, 1.82) is 0 Å². The fourth-order valence-electron chi connectivity index (χ4n) is 3.77. The molecule has 0 amide bonds. The minimum atomic E-state index is -0.392. The molecule has 2 heterocycles. The number of pyridine rings is 1. The predicted octanol–water partition coefficient (Wildman–Crippen LogP) is 5.14. The van der Waals surface area contributed by atoms with Crippen LogP contribution in [-0.4, -0.2) is 23.5 Å². The third kappa shape index (κ3) is 4.91. The van der Waals surface area contributed by atoms with Crippen LogP contribution in [0.4, 0.5) is 4.39 Å². The van der Waals surface area contributed by atoms with Gasteiger partial charge in [0, 0.05) is 5.69 Å². The Balaban J connectivity index is 1.64. The number of ether oxygens (including phenoxy) is 1. The van der Waals surface area contributed by atoms with E-state index in [1.165, 1.54) is 16.7 Å². The molecule has 0 spiro atoms. The molecule has 0 bridgehead atoms. The molecule has 31 heavy (non-hydrogen) atoms. The van der Waals surface area contributed by atoms with Crippen molar-refractivity contribution in [1.82, 2.24) is 10.5 Å². The highest BCUT2D eigenvalue weighted by atomic mass is 19.1. The van der Waals surface area contributed by atoms with Crippen LogP contribution in [0.25, 0.3) is 0 Å². The van der Waals surface area contributed by atoms with E-state index in [1.54, 1.807) is 31.3 Å². The zero-order chi connectivity index (χ0) is 22.0. The number of aliphatic imine (C=N–C) groups is 1. The Kier molecular flexibility index (Phi) is 6.00. The summed E-state index contributed by atoms with van der Waals surface area (Å²) in [5.74, 6) is 0.721. The Labute approximate surface area is 181 Å². The summed E-state index contributed by atoms with van der Waals surface area (Å²) in [6, 6.07) is 13.4. The zero-order valence-electron chi connectivity index (χ0n) is 18.2. The topological polar surface area (TPSA) is 55.7 Å². The lowest BCUT2D eigenvalue weighted by Gasteiger charge is -2.23. The van der Waals surface area contributed by atoms with Crippen molar-refractivity contribution in [2.75, 3.05) is 6.61 Å². The highest BCUT2D eigenvalue weighted by molar-refractivity contribution is 6.01. The van der Waals surface area contributed by atoms with Crippen LogP contribution in [0.1, 0.15) is 33.5 Å². The maximum atomic E-state index is 14.5. The molecule has 1 aromatic heterocycles.